The number of fused-ring (bicyclic) bond motifs is 1. The fourth-order valence-corrected chi connectivity index (χ4v) is 3.25. The molecule has 102 valence electrons. The highest BCUT2D eigenvalue weighted by Crippen LogP contribution is 2.30. The van der Waals surface area contributed by atoms with E-state index in [2.05, 4.69) is 35.7 Å². The van der Waals surface area contributed by atoms with Crippen LogP contribution < -0.4 is 4.74 Å². The van der Waals surface area contributed by atoms with Crippen molar-refractivity contribution < 1.29 is 4.74 Å². The molecule has 0 fully saturated rings. The van der Waals surface area contributed by atoms with Crippen LogP contribution in [0.4, 0.5) is 0 Å². The molecule has 0 unspecified atom stereocenters. The molecule has 0 saturated heterocycles. The highest BCUT2D eigenvalue weighted by atomic mass is 35.5. The van der Waals surface area contributed by atoms with E-state index in [1.807, 2.05) is 24.3 Å². The zero-order valence-electron chi connectivity index (χ0n) is 11.0. The van der Waals surface area contributed by atoms with Crippen LogP contribution in [0.25, 0.3) is 10.1 Å². The van der Waals surface area contributed by atoms with Crippen LogP contribution in [-0.4, -0.2) is 5.88 Å². The Bertz CT molecular complexity index is 678. The molecule has 0 N–H and O–H groups in total. The lowest BCUT2D eigenvalue weighted by atomic mass is 10.1. The SMILES string of the molecule is ClCC[C@H](Oc1ccc2ccsc2c1)c1ccccc1. The van der Waals surface area contributed by atoms with E-state index in [-0.39, 0.29) is 6.10 Å². The Morgan fingerprint density at radius 3 is 2.70 bits per heavy atom. The molecule has 0 spiro atoms. The Hall–Kier alpha value is -1.51. The van der Waals surface area contributed by atoms with Crippen LogP contribution in [0.5, 0.6) is 5.75 Å². The van der Waals surface area contributed by atoms with Gasteiger partial charge in [0.25, 0.3) is 0 Å². The lowest BCUT2D eigenvalue weighted by molar-refractivity contribution is 0.202. The molecule has 1 atom stereocenters. The number of alkyl halides is 1. The van der Waals surface area contributed by atoms with Crippen molar-refractivity contribution in [3.63, 3.8) is 0 Å². The fraction of sp³-hybridized carbons (Fsp3) is 0.176. The van der Waals surface area contributed by atoms with Crippen molar-refractivity contribution >= 4 is 33.0 Å². The van der Waals surface area contributed by atoms with Gasteiger partial charge in [-0.25, -0.2) is 0 Å². The Kier molecular flexibility index (Phi) is 4.24. The molecular weight excluding hydrogens is 288 g/mol. The molecule has 1 nitrogen and oxygen atoms in total. The lowest BCUT2D eigenvalue weighted by Gasteiger charge is -2.18. The van der Waals surface area contributed by atoms with Crippen LogP contribution in [0.15, 0.2) is 60.0 Å². The van der Waals surface area contributed by atoms with Gasteiger partial charge in [-0.15, -0.1) is 22.9 Å². The summed E-state index contributed by atoms with van der Waals surface area (Å²) in [5.41, 5.74) is 1.17. The Morgan fingerprint density at radius 1 is 1.05 bits per heavy atom. The van der Waals surface area contributed by atoms with Crippen molar-refractivity contribution in [1.29, 1.82) is 0 Å². The van der Waals surface area contributed by atoms with Crippen LogP contribution >= 0.6 is 22.9 Å². The van der Waals surface area contributed by atoms with E-state index >= 15 is 0 Å². The number of ether oxygens (including phenoxy) is 1. The van der Waals surface area contributed by atoms with Crippen LogP contribution in [0.1, 0.15) is 18.1 Å². The first kappa shape index (κ1) is 13.5. The van der Waals surface area contributed by atoms with E-state index in [1.54, 1.807) is 11.3 Å². The maximum absolute atomic E-state index is 6.14. The van der Waals surface area contributed by atoms with Crippen LogP contribution in [0.3, 0.4) is 0 Å². The zero-order valence-corrected chi connectivity index (χ0v) is 12.5. The maximum Gasteiger partial charge on any atom is 0.125 e. The minimum Gasteiger partial charge on any atom is -0.486 e. The highest BCUT2D eigenvalue weighted by molar-refractivity contribution is 7.17. The first-order valence-electron chi connectivity index (χ1n) is 6.61. The second-order valence-electron chi connectivity index (χ2n) is 4.62. The molecular formula is C17H15ClOS. The molecule has 3 heteroatoms. The molecule has 20 heavy (non-hydrogen) atoms. The molecule has 1 heterocycles. The molecule has 0 bridgehead atoms. The third-order valence-electron chi connectivity index (χ3n) is 3.25. The summed E-state index contributed by atoms with van der Waals surface area (Å²) in [6, 6.07) is 18.6. The van der Waals surface area contributed by atoms with Crippen molar-refractivity contribution in [2.45, 2.75) is 12.5 Å². The third kappa shape index (κ3) is 2.97. The highest BCUT2D eigenvalue weighted by Gasteiger charge is 2.12. The van der Waals surface area contributed by atoms with Gasteiger partial charge in [0.2, 0.25) is 0 Å². The summed E-state index contributed by atoms with van der Waals surface area (Å²) >= 11 is 7.64. The number of hydrogen-bond donors (Lipinski definition) is 0. The number of benzene rings is 2. The summed E-state index contributed by atoms with van der Waals surface area (Å²) in [6.45, 7) is 0. The largest absolute Gasteiger partial charge is 0.486 e. The summed E-state index contributed by atoms with van der Waals surface area (Å²) in [4.78, 5) is 0. The van der Waals surface area contributed by atoms with Crippen LogP contribution in [0.2, 0.25) is 0 Å². The third-order valence-corrected chi connectivity index (χ3v) is 4.35. The summed E-state index contributed by atoms with van der Waals surface area (Å²) < 4.78 is 7.39. The van der Waals surface area contributed by atoms with E-state index in [1.165, 1.54) is 15.6 Å². The van der Waals surface area contributed by atoms with Crippen LogP contribution in [-0.2, 0) is 0 Å². The summed E-state index contributed by atoms with van der Waals surface area (Å²) in [6.07, 6.45) is 0.805. The van der Waals surface area contributed by atoms with Gasteiger partial charge < -0.3 is 4.74 Å². The number of thiophene rings is 1. The summed E-state index contributed by atoms with van der Waals surface area (Å²) in [7, 11) is 0. The molecule has 0 amide bonds. The number of hydrogen-bond acceptors (Lipinski definition) is 2. The van der Waals surface area contributed by atoms with E-state index in [4.69, 9.17) is 16.3 Å². The molecule has 0 aliphatic heterocycles. The molecule has 1 aromatic heterocycles. The second-order valence-corrected chi connectivity index (χ2v) is 5.94. The van der Waals surface area contributed by atoms with Gasteiger partial charge in [0.15, 0.2) is 0 Å². The van der Waals surface area contributed by atoms with Gasteiger partial charge in [-0.3, -0.25) is 0 Å². The van der Waals surface area contributed by atoms with Crippen molar-refractivity contribution in [3.8, 4) is 5.75 Å². The predicted octanol–water partition coefficient (Wildman–Crippen LogP) is 5.65. The molecule has 0 radical (unpaired) electrons. The van der Waals surface area contributed by atoms with Gasteiger partial charge in [0.1, 0.15) is 11.9 Å². The number of rotatable bonds is 5. The zero-order chi connectivity index (χ0) is 13.8. The normalized spacial score (nSPS) is 12.4. The van der Waals surface area contributed by atoms with Crippen molar-refractivity contribution in [1.82, 2.24) is 0 Å². The smallest absolute Gasteiger partial charge is 0.125 e. The maximum atomic E-state index is 6.14. The lowest BCUT2D eigenvalue weighted by Crippen LogP contribution is -2.08. The van der Waals surface area contributed by atoms with Crippen molar-refractivity contribution in [2.75, 3.05) is 5.88 Å². The van der Waals surface area contributed by atoms with Crippen molar-refractivity contribution in [3.05, 3.63) is 65.5 Å². The van der Waals surface area contributed by atoms with E-state index in [0.717, 1.165) is 12.2 Å². The number of halogens is 1. The van der Waals surface area contributed by atoms with Crippen LogP contribution in [0, 0.1) is 0 Å². The molecule has 3 rings (SSSR count). The fourth-order valence-electron chi connectivity index (χ4n) is 2.23. The first-order chi connectivity index (χ1) is 9.86. The topological polar surface area (TPSA) is 9.23 Å². The first-order valence-corrected chi connectivity index (χ1v) is 8.03. The quantitative estimate of drug-likeness (QED) is 0.553. The van der Waals surface area contributed by atoms with Crippen molar-refractivity contribution in [2.24, 2.45) is 0 Å². The van der Waals surface area contributed by atoms with Gasteiger partial charge >= 0.3 is 0 Å². The van der Waals surface area contributed by atoms with Gasteiger partial charge in [-0.2, -0.15) is 0 Å². The summed E-state index contributed by atoms with van der Waals surface area (Å²) in [5.74, 6) is 1.49. The van der Waals surface area contributed by atoms with Gasteiger partial charge in [0.05, 0.1) is 0 Å². The van der Waals surface area contributed by atoms with E-state index in [0.29, 0.717) is 5.88 Å². The van der Waals surface area contributed by atoms with Gasteiger partial charge in [-0.1, -0.05) is 30.3 Å². The van der Waals surface area contributed by atoms with Gasteiger partial charge in [0, 0.05) is 17.0 Å². The van der Waals surface area contributed by atoms with E-state index < -0.39 is 0 Å². The minimum atomic E-state index is 0.00566. The molecule has 3 aromatic rings. The minimum absolute atomic E-state index is 0.00566. The monoisotopic (exact) mass is 302 g/mol. The molecule has 2 aromatic carbocycles. The average molecular weight is 303 g/mol. The summed E-state index contributed by atoms with van der Waals surface area (Å²) in [5, 5.41) is 3.36. The Morgan fingerprint density at radius 2 is 1.90 bits per heavy atom. The molecule has 0 aliphatic carbocycles. The van der Waals surface area contributed by atoms with E-state index in [9.17, 15) is 0 Å². The van der Waals surface area contributed by atoms with Gasteiger partial charge in [-0.05, 0) is 40.6 Å². The standard InChI is InChI=1S/C17H15ClOS/c18-10-8-16(13-4-2-1-3-5-13)19-15-7-6-14-9-11-20-17(14)12-15/h1-7,9,11-12,16H,8,10H2/t16-/m0/s1. The Balaban J connectivity index is 1.85. The molecule has 0 aliphatic rings. The Labute approximate surface area is 127 Å². The predicted molar refractivity (Wildman–Crippen MR) is 87.0 cm³/mol. The molecule has 0 saturated carbocycles. The average Bonchev–Trinajstić information content (AvgIpc) is 2.95. The second kappa shape index (κ2) is 6.29.